The predicted octanol–water partition coefficient (Wildman–Crippen LogP) is 0.171. The number of sulfonamides is 1. The maximum absolute atomic E-state index is 12.2. The Hall–Kier alpha value is -1.41. The first-order valence-corrected chi connectivity index (χ1v) is 7.64. The van der Waals surface area contributed by atoms with E-state index in [0.29, 0.717) is 18.5 Å². The van der Waals surface area contributed by atoms with Crippen molar-refractivity contribution in [2.75, 3.05) is 7.11 Å². The maximum Gasteiger partial charge on any atom is 0.310 e. The minimum Gasteiger partial charge on any atom is -0.469 e. The number of methoxy groups -OCH3 is 1. The fraction of sp³-hybridized carbons (Fsp3) is 0.636. The lowest BCUT2D eigenvalue weighted by atomic mass is 10.1. The van der Waals surface area contributed by atoms with Gasteiger partial charge in [0.25, 0.3) is 0 Å². The molecule has 0 bridgehead atoms. The van der Waals surface area contributed by atoms with E-state index in [9.17, 15) is 13.2 Å². The molecule has 2 unspecified atom stereocenters. The summed E-state index contributed by atoms with van der Waals surface area (Å²) in [7, 11) is -2.26. The molecule has 2 rings (SSSR count). The van der Waals surface area contributed by atoms with Crippen molar-refractivity contribution in [3.63, 3.8) is 0 Å². The molecule has 1 fully saturated rings. The van der Waals surface area contributed by atoms with Crippen LogP contribution in [0.2, 0.25) is 0 Å². The van der Waals surface area contributed by atoms with Gasteiger partial charge in [0.1, 0.15) is 0 Å². The zero-order valence-corrected chi connectivity index (χ0v) is 11.4. The first-order valence-electron chi connectivity index (χ1n) is 6.09. The van der Waals surface area contributed by atoms with Crippen LogP contribution in [0, 0.1) is 5.92 Å². The van der Waals surface area contributed by atoms with Crippen LogP contribution >= 0.6 is 0 Å². The van der Waals surface area contributed by atoms with Gasteiger partial charge in [0, 0.05) is 6.20 Å². The standard InChI is InChI=1S/C11H17N3O4S/c1-18-11(15)9-3-2-4-10(9)19(16,17)13-7-8-5-6-12-14-8/h5-6,9-10,13H,2-4,7H2,1H3,(H,12,14). The first-order chi connectivity index (χ1) is 9.04. The summed E-state index contributed by atoms with van der Waals surface area (Å²) in [5, 5.41) is 5.71. The molecule has 7 nitrogen and oxygen atoms in total. The molecule has 1 aromatic heterocycles. The molecule has 8 heteroatoms. The van der Waals surface area contributed by atoms with E-state index in [0.717, 1.165) is 6.42 Å². The summed E-state index contributed by atoms with van der Waals surface area (Å²) in [6, 6.07) is 1.69. The molecule has 0 aromatic carbocycles. The number of hydrogen-bond donors (Lipinski definition) is 2. The number of aromatic nitrogens is 2. The van der Waals surface area contributed by atoms with Crippen molar-refractivity contribution < 1.29 is 17.9 Å². The number of carbonyl (C=O) groups excluding carboxylic acids is 1. The number of esters is 1. The molecule has 1 aromatic rings. The number of H-pyrrole nitrogens is 1. The Balaban J connectivity index is 2.04. The number of rotatable bonds is 5. The zero-order chi connectivity index (χ0) is 13.9. The van der Waals surface area contributed by atoms with Gasteiger partial charge < -0.3 is 4.74 Å². The number of aromatic amines is 1. The second-order valence-electron chi connectivity index (χ2n) is 4.55. The molecule has 0 radical (unpaired) electrons. The lowest BCUT2D eigenvalue weighted by molar-refractivity contribution is -0.145. The van der Waals surface area contributed by atoms with Crippen LogP contribution in [-0.2, 0) is 26.1 Å². The number of ether oxygens (including phenoxy) is 1. The Morgan fingerprint density at radius 3 is 3.00 bits per heavy atom. The fourth-order valence-corrected chi connectivity index (χ4v) is 4.11. The average molecular weight is 287 g/mol. The summed E-state index contributed by atoms with van der Waals surface area (Å²) in [5.41, 5.74) is 0.677. The monoisotopic (exact) mass is 287 g/mol. The number of nitrogens with zero attached hydrogens (tertiary/aromatic N) is 1. The molecule has 0 saturated heterocycles. The lowest BCUT2D eigenvalue weighted by Crippen LogP contribution is -2.39. The van der Waals surface area contributed by atoms with E-state index >= 15 is 0 Å². The molecule has 2 N–H and O–H groups in total. The van der Waals surface area contributed by atoms with Crippen molar-refractivity contribution in [1.82, 2.24) is 14.9 Å². The Kier molecular flexibility index (Phi) is 4.20. The number of hydrogen-bond acceptors (Lipinski definition) is 5. The third-order valence-electron chi connectivity index (χ3n) is 3.38. The van der Waals surface area contributed by atoms with Gasteiger partial charge in [0.2, 0.25) is 10.0 Å². The minimum atomic E-state index is -3.54. The summed E-state index contributed by atoms with van der Waals surface area (Å²) in [6.45, 7) is 0.146. The van der Waals surface area contributed by atoms with Crippen molar-refractivity contribution in [3.8, 4) is 0 Å². The van der Waals surface area contributed by atoms with Crippen molar-refractivity contribution in [3.05, 3.63) is 18.0 Å². The molecule has 1 heterocycles. The van der Waals surface area contributed by atoms with Crippen LogP contribution in [0.1, 0.15) is 25.0 Å². The Bertz CT molecular complexity index is 526. The van der Waals surface area contributed by atoms with Crippen LogP contribution in [0.3, 0.4) is 0 Å². The molecule has 1 saturated carbocycles. The van der Waals surface area contributed by atoms with Crippen molar-refractivity contribution >= 4 is 16.0 Å². The van der Waals surface area contributed by atoms with Crippen LogP contribution in [0.25, 0.3) is 0 Å². The van der Waals surface area contributed by atoms with Crippen LogP contribution in [0.15, 0.2) is 12.3 Å². The molecule has 0 amide bonds. The largest absolute Gasteiger partial charge is 0.469 e. The van der Waals surface area contributed by atoms with Gasteiger partial charge in [-0.05, 0) is 18.9 Å². The predicted molar refractivity (Wildman–Crippen MR) is 67.5 cm³/mol. The lowest BCUT2D eigenvalue weighted by Gasteiger charge is -2.18. The molecule has 106 valence electrons. The molecule has 2 atom stereocenters. The van der Waals surface area contributed by atoms with E-state index in [1.807, 2.05) is 0 Å². The van der Waals surface area contributed by atoms with Gasteiger partial charge in [-0.15, -0.1) is 0 Å². The summed E-state index contributed by atoms with van der Waals surface area (Å²) < 4.78 is 31.6. The van der Waals surface area contributed by atoms with Crippen LogP contribution in [-0.4, -0.2) is 36.9 Å². The highest BCUT2D eigenvalue weighted by molar-refractivity contribution is 7.90. The van der Waals surface area contributed by atoms with E-state index in [-0.39, 0.29) is 6.54 Å². The smallest absolute Gasteiger partial charge is 0.310 e. The zero-order valence-electron chi connectivity index (χ0n) is 10.6. The normalized spacial score (nSPS) is 23.4. The average Bonchev–Trinajstić information content (AvgIpc) is 3.06. The highest BCUT2D eigenvalue weighted by atomic mass is 32.2. The minimum absolute atomic E-state index is 0.146. The molecular weight excluding hydrogens is 270 g/mol. The summed E-state index contributed by atoms with van der Waals surface area (Å²) in [6.07, 6.45) is 3.31. The van der Waals surface area contributed by atoms with Gasteiger partial charge in [0.05, 0.1) is 30.5 Å². The molecule has 1 aliphatic carbocycles. The van der Waals surface area contributed by atoms with Crippen LogP contribution < -0.4 is 4.72 Å². The molecule has 0 spiro atoms. The van der Waals surface area contributed by atoms with Gasteiger partial charge in [0.15, 0.2) is 0 Å². The Morgan fingerprint density at radius 2 is 2.37 bits per heavy atom. The molecular formula is C11H17N3O4S. The summed E-state index contributed by atoms with van der Waals surface area (Å²) >= 11 is 0. The second-order valence-corrected chi connectivity index (χ2v) is 6.53. The van der Waals surface area contributed by atoms with Crippen molar-refractivity contribution in [1.29, 1.82) is 0 Å². The highest BCUT2D eigenvalue weighted by Gasteiger charge is 2.42. The van der Waals surface area contributed by atoms with Crippen molar-refractivity contribution in [2.45, 2.75) is 31.1 Å². The molecule has 19 heavy (non-hydrogen) atoms. The van der Waals surface area contributed by atoms with Crippen LogP contribution in [0.4, 0.5) is 0 Å². The maximum atomic E-state index is 12.2. The van der Waals surface area contributed by atoms with Gasteiger partial charge in [-0.2, -0.15) is 5.10 Å². The van der Waals surface area contributed by atoms with Gasteiger partial charge in [-0.3, -0.25) is 9.89 Å². The van der Waals surface area contributed by atoms with E-state index in [2.05, 4.69) is 19.7 Å². The summed E-state index contributed by atoms with van der Waals surface area (Å²) in [5.74, 6) is -1.02. The fourth-order valence-electron chi connectivity index (χ4n) is 2.39. The molecule has 0 aliphatic heterocycles. The third-order valence-corrected chi connectivity index (χ3v) is 5.29. The second kappa shape index (κ2) is 5.70. The first kappa shape index (κ1) is 14.0. The van der Waals surface area contributed by atoms with Crippen molar-refractivity contribution in [2.24, 2.45) is 5.92 Å². The van der Waals surface area contributed by atoms with E-state index in [1.54, 1.807) is 12.3 Å². The van der Waals surface area contributed by atoms with E-state index in [1.165, 1.54) is 7.11 Å². The Labute approximate surface area is 111 Å². The summed E-state index contributed by atoms with van der Waals surface area (Å²) in [4.78, 5) is 11.6. The Morgan fingerprint density at radius 1 is 1.58 bits per heavy atom. The quantitative estimate of drug-likeness (QED) is 0.752. The number of nitrogens with one attached hydrogen (secondary N) is 2. The van der Waals surface area contributed by atoms with Crippen LogP contribution in [0.5, 0.6) is 0 Å². The third kappa shape index (κ3) is 3.13. The topological polar surface area (TPSA) is 101 Å². The van der Waals surface area contributed by atoms with Gasteiger partial charge in [-0.25, -0.2) is 13.1 Å². The number of carbonyl (C=O) groups is 1. The highest BCUT2D eigenvalue weighted by Crippen LogP contribution is 2.31. The van der Waals surface area contributed by atoms with Gasteiger partial charge >= 0.3 is 5.97 Å². The van der Waals surface area contributed by atoms with Gasteiger partial charge in [-0.1, -0.05) is 6.42 Å². The van der Waals surface area contributed by atoms with E-state index < -0.39 is 27.2 Å². The van der Waals surface area contributed by atoms with E-state index in [4.69, 9.17) is 0 Å². The SMILES string of the molecule is COC(=O)C1CCCC1S(=O)(=O)NCc1ccn[nH]1. The molecule has 1 aliphatic rings.